The first-order valence-corrected chi connectivity index (χ1v) is 6.78. The van der Waals surface area contributed by atoms with Crippen molar-refractivity contribution in [2.24, 2.45) is 0 Å². The first kappa shape index (κ1) is 14.4. The van der Waals surface area contributed by atoms with E-state index < -0.39 is 0 Å². The quantitative estimate of drug-likeness (QED) is 0.874. The topological polar surface area (TPSA) is 59.9 Å². The average molecular weight is 272 g/mol. The minimum absolute atomic E-state index is 0.0896. The predicted molar refractivity (Wildman–Crippen MR) is 77.7 cm³/mol. The molecule has 2 aromatic rings. The largest absolute Gasteiger partial charge is 0.492 e. The van der Waals surface area contributed by atoms with Gasteiger partial charge in [-0.3, -0.25) is 4.98 Å². The third-order valence-electron chi connectivity index (χ3n) is 2.89. The van der Waals surface area contributed by atoms with E-state index in [-0.39, 0.29) is 6.04 Å². The standard InChI is InChI=1S/C15H20N4O/c1-4-5-20-13-6-12(9-17-10-13)14(16-3)15-18-7-11(2)8-19-15/h6-10,14,16H,4-5H2,1-3H3. The second kappa shape index (κ2) is 6.96. The molecule has 0 aliphatic carbocycles. The minimum atomic E-state index is -0.0896. The Kier molecular flexibility index (Phi) is 5.01. The molecule has 2 rings (SSSR count). The highest BCUT2D eigenvalue weighted by Crippen LogP contribution is 2.21. The van der Waals surface area contributed by atoms with Crippen LogP contribution in [0, 0.1) is 6.92 Å². The van der Waals surface area contributed by atoms with Gasteiger partial charge in [0, 0.05) is 18.6 Å². The van der Waals surface area contributed by atoms with Gasteiger partial charge in [-0.25, -0.2) is 9.97 Å². The van der Waals surface area contributed by atoms with Crippen LogP contribution in [0.2, 0.25) is 0 Å². The van der Waals surface area contributed by atoms with Crippen LogP contribution in [0.4, 0.5) is 0 Å². The van der Waals surface area contributed by atoms with Gasteiger partial charge in [0.2, 0.25) is 0 Å². The highest BCUT2D eigenvalue weighted by molar-refractivity contribution is 5.29. The lowest BCUT2D eigenvalue weighted by atomic mass is 10.1. The third-order valence-corrected chi connectivity index (χ3v) is 2.89. The van der Waals surface area contributed by atoms with E-state index in [0.717, 1.165) is 29.1 Å². The van der Waals surface area contributed by atoms with Crippen molar-refractivity contribution < 1.29 is 4.74 Å². The summed E-state index contributed by atoms with van der Waals surface area (Å²) in [6.45, 7) is 4.74. The Morgan fingerprint density at radius 3 is 2.60 bits per heavy atom. The highest BCUT2D eigenvalue weighted by Gasteiger charge is 2.15. The van der Waals surface area contributed by atoms with Gasteiger partial charge in [-0.2, -0.15) is 0 Å². The monoisotopic (exact) mass is 272 g/mol. The first-order valence-electron chi connectivity index (χ1n) is 6.78. The molecule has 1 unspecified atom stereocenters. The molecule has 0 radical (unpaired) electrons. The van der Waals surface area contributed by atoms with E-state index in [1.807, 2.05) is 38.6 Å². The van der Waals surface area contributed by atoms with Gasteiger partial charge in [0.25, 0.3) is 0 Å². The van der Waals surface area contributed by atoms with Crippen molar-refractivity contribution in [3.63, 3.8) is 0 Å². The van der Waals surface area contributed by atoms with Crippen LogP contribution in [0.25, 0.3) is 0 Å². The van der Waals surface area contributed by atoms with Crippen molar-refractivity contribution in [2.45, 2.75) is 26.3 Å². The molecule has 0 bridgehead atoms. The van der Waals surface area contributed by atoms with E-state index in [9.17, 15) is 0 Å². The number of rotatable bonds is 6. The van der Waals surface area contributed by atoms with E-state index in [1.165, 1.54) is 0 Å². The number of ether oxygens (including phenoxy) is 1. The zero-order valence-electron chi connectivity index (χ0n) is 12.1. The molecule has 0 aliphatic heterocycles. The highest BCUT2D eigenvalue weighted by atomic mass is 16.5. The van der Waals surface area contributed by atoms with Crippen molar-refractivity contribution in [3.8, 4) is 5.75 Å². The lowest BCUT2D eigenvalue weighted by molar-refractivity contribution is 0.315. The fraction of sp³-hybridized carbons (Fsp3) is 0.400. The van der Waals surface area contributed by atoms with E-state index in [4.69, 9.17) is 4.74 Å². The van der Waals surface area contributed by atoms with Crippen LogP contribution in [0.3, 0.4) is 0 Å². The fourth-order valence-corrected chi connectivity index (χ4v) is 1.89. The zero-order valence-corrected chi connectivity index (χ0v) is 12.1. The van der Waals surface area contributed by atoms with Crippen molar-refractivity contribution in [1.29, 1.82) is 0 Å². The molecule has 0 fully saturated rings. The van der Waals surface area contributed by atoms with Crippen LogP contribution in [0.15, 0.2) is 30.9 Å². The third kappa shape index (κ3) is 3.51. The molecule has 2 heterocycles. The first-order chi connectivity index (χ1) is 9.74. The van der Waals surface area contributed by atoms with Crippen LogP contribution in [-0.4, -0.2) is 28.6 Å². The second-order valence-corrected chi connectivity index (χ2v) is 4.64. The average Bonchev–Trinajstić information content (AvgIpc) is 2.48. The molecule has 0 aromatic carbocycles. The molecular formula is C15H20N4O. The summed E-state index contributed by atoms with van der Waals surface area (Å²) in [7, 11) is 1.88. The number of pyridine rings is 1. The Morgan fingerprint density at radius 2 is 1.95 bits per heavy atom. The SMILES string of the molecule is CCCOc1cncc(C(NC)c2ncc(C)cn2)c1. The molecule has 1 N–H and O–H groups in total. The Labute approximate surface area is 119 Å². The van der Waals surface area contributed by atoms with Gasteiger partial charge >= 0.3 is 0 Å². The second-order valence-electron chi connectivity index (χ2n) is 4.64. The lowest BCUT2D eigenvalue weighted by Gasteiger charge is -2.15. The maximum Gasteiger partial charge on any atom is 0.149 e. The van der Waals surface area contributed by atoms with E-state index in [2.05, 4.69) is 27.2 Å². The number of nitrogens with zero attached hydrogens (tertiary/aromatic N) is 3. The summed E-state index contributed by atoms with van der Waals surface area (Å²) in [5.74, 6) is 1.50. The minimum Gasteiger partial charge on any atom is -0.492 e. The summed E-state index contributed by atoms with van der Waals surface area (Å²) in [4.78, 5) is 13.0. The molecule has 2 aromatic heterocycles. The Morgan fingerprint density at radius 1 is 1.20 bits per heavy atom. The Balaban J connectivity index is 2.24. The molecule has 0 saturated carbocycles. The van der Waals surface area contributed by atoms with Gasteiger partial charge in [0.1, 0.15) is 11.6 Å². The Bertz CT molecular complexity index is 542. The molecule has 20 heavy (non-hydrogen) atoms. The lowest BCUT2D eigenvalue weighted by Crippen LogP contribution is -2.20. The van der Waals surface area contributed by atoms with Crippen LogP contribution in [-0.2, 0) is 0 Å². The normalized spacial score (nSPS) is 12.2. The number of hydrogen-bond donors (Lipinski definition) is 1. The molecular weight excluding hydrogens is 252 g/mol. The van der Waals surface area contributed by atoms with Crippen molar-refractivity contribution in [1.82, 2.24) is 20.3 Å². The molecule has 0 amide bonds. The summed E-state index contributed by atoms with van der Waals surface area (Å²) in [5, 5.41) is 3.22. The van der Waals surface area contributed by atoms with Gasteiger partial charge in [-0.05, 0) is 37.6 Å². The van der Waals surface area contributed by atoms with E-state index >= 15 is 0 Å². The summed E-state index contributed by atoms with van der Waals surface area (Å²) >= 11 is 0. The van der Waals surface area contributed by atoms with Gasteiger partial charge < -0.3 is 10.1 Å². The molecule has 0 spiro atoms. The van der Waals surface area contributed by atoms with Crippen molar-refractivity contribution in [2.75, 3.05) is 13.7 Å². The predicted octanol–water partition coefficient (Wildman–Crippen LogP) is 2.28. The van der Waals surface area contributed by atoms with Gasteiger partial charge in [0.15, 0.2) is 0 Å². The van der Waals surface area contributed by atoms with Crippen LogP contribution in [0.1, 0.15) is 36.3 Å². The number of aryl methyl sites for hydroxylation is 1. The van der Waals surface area contributed by atoms with E-state index in [0.29, 0.717) is 6.61 Å². The van der Waals surface area contributed by atoms with Gasteiger partial charge in [-0.1, -0.05) is 6.92 Å². The summed E-state index contributed by atoms with van der Waals surface area (Å²) < 4.78 is 5.61. The summed E-state index contributed by atoms with van der Waals surface area (Å²) in [6, 6.07) is 1.89. The number of hydrogen-bond acceptors (Lipinski definition) is 5. The fourth-order valence-electron chi connectivity index (χ4n) is 1.89. The Hall–Kier alpha value is -2.01. The molecule has 0 saturated heterocycles. The molecule has 5 heteroatoms. The smallest absolute Gasteiger partial charge is 0.149 e. The van der Waals surface area contributed by atoms with Crippen molar-refractivity contribution >= 4 is 0 Å². The zero-order chi connectivity index (χ0) is 14.4. The van der Waals surface area contributed by atoms with Crippen LogP contribution in [0.5, 0.6) is 5.75 Å². The van der Waals surface area contributed by atoms with Crippen LogP contribution < -0.4 is 10.1 Å². The maximum absolute atomic E-state index is 5.61. The van der Waals surface area contributed by atoms with Crippen molar-refractivity contribution in [3.05, 3.63) is 47.8 Å². The molecule has 106 valence electrons. The van der Waals surface area contributed by atoms with Gasteiger partial charge in [0.05, 0.1) is 18.8 Å². The van der Waals surface area contributed by atoms with E-state index in [1.54, 1.807) is 6.20 Å². The van der Waals surface area contributed by atoms with Gasteiger partial charge in [-0.15, -0.1) is 0 Å². The molecule has 5 nitrogen and oxygen atoms in total. The summed E-state index contributed by atoms with van der Waals surface area (Å²) in [5.41, 5.74) is 2.03. The molecule has 0 aliphatic rings. The summed E-state index contributed by atoms with van der Waals surface area (Å²) in [6.07, 6.45) is 8.14. The number of aromatic nitrogens is 3. The number of nitrogens with one attached hydrogen (secondary N) is 1. The molecule has 1 atom stereocenters. The van der Waals surface area contributed by atoms with Crippen LogP contribution >= 0.6 is 0 Å². The maximum atomic E-state index is 5.61.